The van der Waals surface area contributed by atoms with Crippen LogP contribution >= 0.6 is 11.3 Å². The van der Waals surface area contributed by atoms with Crippen LogP contribution in [0.4, 0.5) is 0 Å². The molecule has 1 aliphatic rings. The molecule has 0 spiro atoms. The van der Waals surface area contributed by atoms with Crippen LogP contribution in [0.2, 0.25) is 0 Å². The minimum absolute atomic E-state index is 0.623. The third-order valence-corrected chi connectivity index (χ3v) is 8.07. The fourth-order valence-corrected chi connectivity index (χ4v) is 6.04. The summed E-state index contributed by atoms with van der Waals surface area (Å²) in [5, 5.41) is 5.60. The first-order chi connectivity index (χ1) is 19.7. The SMILES string of the molecule is CC.CC=O.CCCC(CC(C)c1ccccc1)c1ccccc1.c1csc(-c2ccccc2C2CCNC2)c1. The molecule has 3 aromatic carbocycles. The number of hydrogen-bond acceptors (Lipinski definition) is 3. The summed E-state index contributed by atoms with van der Waals surface area (Å²) in [5.41, 5.74) is 5.88. The maximum Gasteiger partial charge on any atom is 0.116 e. The van der Waals surface area contributed by atoms with Crippen molar-refractivity contribution in [3.63, 3.8) is 0 Å². The smallest absolute Gasteiger partial charge is 0.116 e. The van der Waals surface area contributed by atoms with Crippen molar-refractivity contribution in [3.8, 4) is 10.4 Å². The van der Waals surface area contributed by atoms with Gasteiger partial charge in [0.1, 0.15) is 6.29 Å². The van der Waals surface area contributed by atoms with Crippen LogP contribution in [0.25, 0.3) is 10.4 Å². The van der Waals surface area contributed by atoms with Gasteiger partial charge >= 0.3 is 0 Å². The second-order valence-corrected chi connectivity index (χ2v) is 10.9. The Morgan fingerprint density at radius 1 is 0.875 bits per heavy atom. The van der Waals surface area contributed by atoms with Gasteiger partial charge in [-0.1, -0.05) is 125 Å². The van der Waals surface area contributed by atoms with Crippen molar-refractivity contribution >= 4 is 17.6 Å². The molecule has 40 heavy (non-hydrogen) atoms. The molecule has 3 atom stereocenters. The standard InChI is InChI=1S/C19H24.C14H15NS.C2H4O.C2H6/c1-3-10-19(18-13-8-5-9-14-18)15-16(2)17-11-6-4-7-12-17;1-2-5-13(14-6-3-9-16-14)12(4-1)11-7-8-15-10-11;1-2-3;1-2/h4-9,11-14,16,19H,3,10,15H2,1-2H3;1-6,9,11,15H,7-8,10H2;2H,1H3;1-2H3. The molecule has 0 amide bonds. The van der Waals surface area contributed by atoms with Crippen LogP contribution in [0, 0.1) is 0 Å². The van der Waals surface area contributed by atoms with Gasteiger partial charge in [0.25, 0.3) is 0 Å². The minimum Gasteiger partial charge on any atom is -0.316 e. The number of aldehydes is 1. The molecule has 2 heterocycles. The second kappa shape index (κ2) is 20.0. The molecule has 0 bridgehead atoms. The first-order valence-electron chi connectivity index (χ1n) is 15.0. The van der Waals surface area contributed by atoms with Gasteiger partial charge in [-0.15, -0.1) is 11.3 Å². The summed E-state index contributed by atoms with van der Waals surface area (Å²) in [6, 6.07) is 35.0. The highest BCUT2D eigenvalue weighted by atomic mass is 32.1. The minimum atomic E-state index is 0.623. The van der Waals surface area contributed by atoms with E-state index in [1.165, 1.54) is 59.7 Å². The quantitative estimate of drug-likeness (QED) is 0.219. The highest BCUT2D eigenvalue weighted by molar-refractivity contribution is 7.13. The molecule has 1 saturated heterocycles. The molecule has 1 aliphatic heterocycles. The van der Waals surface area contributed by atoms with Gasteiger partial charge in [0.2, 0.25) is 0 Å². The van der Waals surface area contributed by atoms with Crippen molar-refractivity contribution in [1.29, 1.82) is 0 Å². The lowest BCUT2D eigenvalue weighted by atomic mass is 9.84. The van der Waals surface area contributed by atoms with Gasteiger partial charge in [-0.2, -0.15) is 0 Å². The average molecular weight is 556 g/mol. The van der Waals surface area contributed by atoms with Gasteiger partial charge in [0.05, 0.1) is 0 Å². The molecule has 4 aromatic rings. The molecule has 0 aliphatic carbocycles. The van der Waals surface area contributed by atoms with E-state index in [4.69, 9.17) is 4.79 Å². The number of thiophene rings is 1. The van der Waals surface area contributed by atoms with Crippen molar-refractivity contribution in [2.24, 2.45) is 0 Å². The van der Waals surface area contributed by atoms with Gasteiger partial charge in [-0.25, -0.2) is 0 Å². The van der Waals surface area contributed by atoms with Crippen molar-refractivity contribution in [3.05, 3.63) is 119 Å². The summed E-state index contributed by atoms with van der Waals surface area (Å²) in [7, 11) is 0. The predicted octanol–water partition coefficient (Wildman–Crippen LogP) is 10.5. The number of benzene rings is 3. The lowest BCUT2D eigenvalue weighted by Gasteiger charge is -2.21. The Morgan fingerprint density at radius 3 is 2.02 bits per heavy atom. The van der Waals surface area contributed by atoms with E-state index in [2.05, 4.69) is 122 Å². The van der Waals surface area contributed by atoms with E-state index in [0.29, 0.717) is 17.8 Å². The van der Waals surface area contributed by atoms with Gasteiger partial charge in [0, 0.05) is 11.4 Å². The zero-order valence-electron chi connectivity index (χ0n) is 25.2. The van der Waals surface area contributed by atoms with Gasteiger partial charge in [-0.3, -0.25) is 0 Å². The summed E-state index contributed by atoms with van der Waals surface area (Å²) < 4.78 is 0. The Hall–Kier alpha value is -3.01. The molecular weight excluding hydrogens is 506 g/mol. The van der Waals surface area contributed by atoms with E-state index >= 15 is 0 Å². The first kappa shape index (κ1) is 33.2. The summed E-state index contributed by atoms with van der Waals surface area (Å²) in [6.07, 6.45) is 5.78. The molecule has 5 rings (SSSR count). The summed E-state index contributed by atoms with van der Waals surface area (Å²) >= 11 is 1.83. The number of nitrogens with one attached hydrogen (secondary N) is 1. The van der Waals surface area contributed by atoms with E-state index in [-0.39, 0.29) is 0 Å². The van der Waals surface area contributed by atoms with Crippen molar-refractivity contribution < 1.29 is 4.79 Å². The second-order valence-electron chi connectivity index (χ2n) is 9.93. The van der Waals surface area contributed by atoms with Crippen LogP contribution in [0.15, 0.2) is 102 Å². The Labute approximate surface area is 247 Å². The number of carbonyl (C=O) groups excluding carboxylic acids is 1. The average Bonchev–Trinajstić information content (AvgIpc) is 3.75. The Bertz CT molecular complexity index is 1150. The van der Waals surface area contributed by atoms with Gasteiger partial charge in [-0.05, 0) is 84.2 Å². The van der Waals surface area contributed by atoms with Crippen LogP contribution in [0.5, 0.6) is 0 Å². The number of hydrogen-bond donors (Lipinski definition) is 1. The predicted molar refractivity (Wildman–Crippen MR) is 177 cm³/mol. The molecule has 3 unspecified atom stereocenters. The Morgan fingerprint density at radius 2 is 1.48 bits per heavy atom. The number of carbonyl (C=O) groups is 1. The molecule has 214 valence electrons. The molecule has 0 radical (unpaired) electrons. The van der Waals surface area contributed by atoms with E-state index < -0.39 is 0 Å². The van der Waals surface area contributed by atoms with Crippen LogP contribution in [-0.4, -0.2) is 19.4 Å². The van der Waals surface area contributed by atoms with E-state index in [1.807, 2.05) is 25.2 Å². The number of rotatable bonds is 8. The molecule has 0 saturated carbocycles. The fraction of sp³-hybridized carbons (Fsp3) is 0.378. The maximum atomic E-state index is 8.81. The summed E-state index contributed by atoms with van der Waals surface area (Å²) in [6.45, 7) is 12.4. The first-order valence-corrected chi connectivity index (χ1v) is 15.9. The zero-order chi connectivity index (χ0) is 29.0. The summed E-state index contributed by atoms with van der Waals surface area (Å²) in [5.74, 6) is 2.00. The van der Waals surface area contributed by atoms with Gasteiger partial charge < -0.3 is 10.1 Å². The fourth-order valence-electron chi connectivity index (χ4n) is 5.27. The van der Waals surface area contributed by atoms with Gasteiger partial charge in [0.15, 0.2) is 0 Å². The van der Waals surface area contributed by atoms with E-state index in [1.54, 1.807) is 0 Å². The third-order valence-electron chi connectivity index (χ3n) is 7.16. The monoisotopic (exact) mass is 555 g/mol. The third kappa shape index (κ3) is 10.9. The molecule has 1 aromatic heterocycles. The highest BCUT2D eigenvalue weighted by Gasteiger charge is 2.20. The Balaban J connectivity index is 0.000000244. The Kier molecular flexibility index (Phi) is 16.6. The largest absolute Gasteiger partial charge is 0.316 e. The lowest BCUT2D eigenvalue weighted by molar-refractivity contribution is -0.106. The zero-order valence-corrected chi connectivity index (χ0v) is 26.0. The topological polar surface area (TPSA) is 29.1 Å². The van der Waals surface area contributed by atoms with Crippen LogP contribution in [0.3, 0.4) is 0 Å². The van der Waals surface area contributed by atoms with Crippen LogP contribution < -0.4 is 5.32 Å². The molecular formula is C37H49NOS. The maximum absolute atomic E-state index is 8.81. The highest BCUT2D eigenvalue weighted by Crippen LogP contribution is 2.35. The summed E-state index contributed by atoms with van der Waals surface area (Å²) in [4.78, 5) is 10.2. The van der Waals surface area contributed by atoms with E-state index in [0.717, 1.165) is 19.4 Å². The van der Waals surface area contributed by atoms with Crippen LogP contribution in [-0.2, 0) is 4.79 Å². The molecule has 3 heteroatoms. The van der Waals surface area contributed by atoms with E-state index in [9.17, 15) is 0 Å². The van der Waals surface area contributed by atoms with Crippen molar-refractivity contribution in [2.45, 2.75) is 78.1 Å². The lowest BCUT2D eigenvalue weighted by Crippen LogP contribution is -2.08. The van der Waals surface area contributed by atoms with Crippen molar-refractivity contribution in [1.82, 2.24) is 5.32 Å². The molecule has 1 fully saturated rings. The molecule has 1 N–H and O–H groups in total. The normalized spacial score (nSPS) is 15.2. The molecule has 2 nitrogen and oxygen atoms in total. The van der Waals surface area contributed by atoms with Crippen LogP contribution in [0.1, 0.15) is 94.7 Å². The van der Waals surface area contributed by atoms with Crippen molar-refractivity contribution in [2.75, 3.05) is 13.1 Å².